The topological polar surface area (TPSA) is 30.5 Å². The molecule has 2 unspecified atom stereocenters. The Morgan fingerprint density at radius 3 is 2.50 bits per heavy atom. The molecule has 1 aromatic rings. The summed E-state index contributed by atoms with van der Waals surface area (Å²) < 4.78 is 11.8. The molecule has 1 fully saturated rings. The van der Waals surface area contributed by atoms with Crippen molar-refractivity contribution >= 4 is 15.9 Å². The number of rotatable bonds is 7. The Labute approximate surface area is 130 Å². The first-order chi connectivity index (χ1) is 9.58. The minimum atomic E-state index is 0.429. The Morgan fingerprint density at radius 1 is 1.25 bits per heavy atom. The largest absolute Gasteiger partial charge is 0.495 e. The molecule has 3 nitrogen and oxygen atoms in total. The van der Waals surface area contributed by atoms with Crippen LogP contribution in [0.5, 0.6) is 11.5 Å². The normalized spacial score (nSPS) is 17.6. The van der Waals surface area contributed by atoms with Crippen molar-refractivity contribution in [2.45, 2.75) is 38.6 Å². The van der Waals surface area contributed by atoms with Crippen LogP contribution >= 0.6 is 15.9 Å². The van der Waals surface area contributed by atoms with Gasteiger partial charge in [0.05, 0.1) is 14.2 Å². The third-order valence-corrected chi connectivity index (χ3v) is 4.92. The zero-order valence-electron chi connectivity index (χ0n) is 12.7. The predicted octanol–water partition coefficient (Wildman–Crippen LogP) is 3.96. The number of hydrogen-bond acceptors (Lipinski definition) is 3. The molecule has 2 atom stereocenters. The van der Waals surface area contributed by atoms with Gasteiger partial charge in [0, 0.05) is 6.04 Å². The van der Waals surface area contributed by atoms with Crippen molar-refractivity contribution in [1.82, 2.24) is 5.32 Å². The van der Waals surface area contributed by atoms with Gasteiger partial charge in [-0.15, -0.1) is 0 Å². The number of ether oxygens (including phenoxy) is 2. The summed E-state index contributed by atoms with van der Waals surface area (Å²) in [7, 11) is 3.38. The van der Waals surface area contributed by atoms with Crippen molar-refractivity contribution in [3.63, 3.8) is 0 Å². The summed E-state index contributed by atoms with van der Waals surface area (Å²) in [6.45, 7) is 5.60. The second-order valence-corrected chi connectivity index (χ2v) is 6.45. The molecule has 0 spiro atoms. The fourth-order valence-corrected chi connectivity index (χ4v) is 3.08. The van der Waals surface area contributed by atoms with Crippen LogP contribution in [0.15, 0.2) is 16.6 Å². The van der Waals surface area contributed by atoms with Crippen LogP contribution in [0.1, 0.15) is 38.2 Å². The van der Waals surface area contributed by atoms with Gasteiger partial charge in [0.15, 0.2) is 0 Å². The molecule has 0 heterocycles. The Morgan fingerprint density at radius 2 is 1.95 bits per heavy atom. The lowest BCUT2D eigenvalue weighted by Crippen LogP contribution is -2.26. The second kappa shape index (κ2) is 6.81. The molecular weight excluding hydrogens is 318 g/mol. The third-order valence-electron chi connectivity index (χ3n) is 4.17. The van der Waals surface area contributed by atoms with Crippen LogP contribution in [-0.4, -0.2) is 26.8 Å². The molecular formula is C16H24BrNO2. The van der Waals surface area contributed by atoms with E-state index in [1.54, 1.807) is 14.2 Å². The van der Waals surface area contributed by atoms with E-state index in [0.717, 1.165) is 28.6 Å². The van der Waals surface area contributed by atoms with Crippen LogP contribution in [0.2, 0.25) is 0 Å². The average molecular weight is 342 g/mol. The molecule has 1 aromatic carbocycles. The van der Waals surface area contributed by atoms with Crippen LogP contribution in [0.4, 0.5) is 0 Å². The van der Waals surface area contributed by atoms with Gasteiger partial charge in [-0.2, -0.15) is 0 Å². The molecule has 0 radical (unpaired) electrons. The van der Waals surface area contributed by atoms with Crippen LogP contribution < -0.4 is 14.8 Å². The number of halogens is 1. The Hall–Kier alpha value is -0.740. The van der Waals surface area contributed by atoms with Crippen LogP contribution in [0.3, 0.4) is 0 Å². The molecule has 0 amide bonds. The SMILES string of the molecule is COc1ccc(C(C)C(C)CNC2CC2)c(OC)c1Br. The number of methoxy groups -OCH3 is 2. The van der Waals surface area contributed by atoms with E-state index in [1.165, 1.54) is 18.4 Å². The predicted molar refractivity (Wildman–Crippen MR) is 85.8 cm³/mol. The molecule has 1 aliphatic rings. The fourth-order valence-electron chi connectivity index (χ4n) is 2.40. The van der Waals surface area contributed by atoms with E-state index in [0.29, 0.717) is 11.8 Å². The number of hydrogen-bond donors (Lipinski definition) is 1. The molecule has 1 N–H and O–H groups in total. The molecule has 20 heavy (non-hydrogen) atoms. The van der Waals surface area contributed by atoms with Gasteiger partial charge < -0.3 is 14.8 Å². The van der Waals surface area contributed by atoms with Crippen molar-refractivity contribution in [2.24, 2.45) is 5.92 Å². The van der Waals surface area contributed by atoms with E-state index in [-0.39, 0.29) is 0 Å². The molecule has 112 valence electrons. The summed E-state index contributed by atoms with van der Waals surface area (Å²) in [5, 5.41) is 3.60. The van der Waals surface area contributed by atoms with Crippen molar-refractivity contribution in [2.75, 3.05) is 20.8 Å². The van der Waals surface area contributed by atoms with Crippen molar-refractivity contribution in [3.05, 3.63) is 22.2 Å². The summed E-state index contributed by atoms with van der Waals surface area (Å²) >= 11 is 3.58. The highest BCUT2D eigenvalue weighted by atomic mass is 79.9. The van der Waals surface area contributed by atoms with Crippen molar-refractivity contribution in [3.8, 4) is 11.5 Å². The van der Waals surface area contributed by atoms with Crippen molar-refractivity contribution in [1.29, 1.82) is 0 Å². The first-order valence-electron chi connectivity index (χ1n) is 7.22. The molecule has 1 saturated carbocycles. The van der Waals surface area contributed by atoms with E-state index >= 15 is 0 Å². The molecule has 2 rings (SSSR count). The third kappa shape index (κ3) is 3.47. The van der Waals surface area contributed by atoms with Crippen LogP contribution in [-0.2, 0) is 0 Å². The maximum atomic E-state index is 5.58. The summed E-state index contributed by atoms with van der Waals surface area (Å²) in [5.41, 5.74) is 1.23. The molecule has 0 saturated heterocycles. The first kappa shape index (κ1) is 15.6. The summed E-state index contributed by atoms with van der Waals surface area (Å²) in [6.07, 6.45) is 2.66. The zero-order valence-corrected chi connectivity index (χ0v) is 14.3. The van der Waals surface area contributed by atoms with E-state index in [2.05, 4.69) is 41.2 Å². The monoisotopic (exact) mass is 341 g/mol. The summed E-state index contributed by atoms with van der Waals surface area (Å²) in [4.78, 5) is 0. The highest BCUT2D eigenvalue weighted by Gasteiger charge is 2.25. The Kier molecular flexibility index (Phi) is 5.33. The fraction of sp³-hybridized carbons (Fsp3) is 0.625. The van der Waals surface area contributed by atoms with Gasteiger partial charge in [-0.05, 0) is 58.8 Å². The highest BCUT2D eigenvalue weighted by Crippen LogP contribution is 2.41. The number of benzene rings is 1. The minimum Gasteiger partial charge on any atom is -0.495 e. The zero-order chi connectivity index (χ0) is 14.7. The Bertz CT molecular complexity index is 460. The number of nitrogens with one attached hydrogen (secondary N) is 1. The maximum Gasteiger partial charge on any atom is 0.140 e. The van der Waals surface area contributed by atoms with Gasteiger partial charge in [-0.1, -0.05) is 19.9 Å². The van der Waals surface area contributed by atoms with E-state index in [9.17, 15) is 0 Å². The lowest BCUT2D eigenvalue weighted by molar-refractivity contribution is 0.374. The smallest absolute Gasteiger partial charge is 0.140 e. The van der Waals surface area contributed by atoms with Crippen LogP contribution in [0.25, 0.3) is 0 Å². The van der Waals surface area contributed by atoms with Gasteiger partial charge >= 0.3 is 0 Å². The quantitative estimate of drug-likeness (QED) is 0.814. The van der Waals surface area contributed by atoms with Crippen molar-refractivity contribution < 1.29 is 9.47 Å². The molecule has 0 bridgehead atoms. The van der Waals surface area contributed by atoms with Gasteiger partial charge in [0.1, 0.15) is 16.0 Å². The van der Waals surface area contributed by atoms with E-state index in [1.807, 2.05) is 6.07 Å². The summed E-state index contributed by atoms with van der Waals surface area (Å²) in [6, 6.07) is 4.87. The van der Waals surface area contributed by atoms with Gasteiger partial charge in [-0.3, -0.25) is 0 Å². The average Bonchev–Trinajstić information content (AvgIpc) is 3.27. The van der Waals surface area contributed by atoms with E-state index < -0.39 is 0 Å². The second-order valence-electron chi connectivity index (χ2n) is 5.65. The molecule has 0 aliphatic heterocycles. The van der Waals surface area contributed by atoms with Gasteiger partial charge in [0.2, 0.25) is 0 Å². The molecule has 1 aliphatic carbocycles. The highest BCUT2D eigenvalue weighted by molar-refractivity contribution is 9.10. The van der Waals surface area contributed by atoms with E-state index in [4.69, 9.17) is 9.47 Å². The maximum absolute atomic E-state index is 5.58. The molecule has 4 heteroatoms. The van der Waals surface area contributed by atoms with Gasteiger partial charge in [-0.25, -0.2) is 0 Å². The Balaban J connectivity index is 2.14. The first-order valence-corrected chi connectivity index (χ1v) is 8.01. The standard InChI is InChI=1S/C16H24BrNO2/c1-10(9-18-12-5-6-12)11(2)13-7-8-14(19-3)15(17)16(13)20-4/h7-8,10-12,18H,5-6,9H2,1-4H3. The molecule has 0 aromatic heterocycles. The van der Waals surface area contributed by atoms with Gasteiger partial charge in [0.25, 0.3) is 0 Å². The lowest BCUT2D eigenvalue weighted by atomic mass is 9.88. The van der Waals surface area contributed by atoms with Crippen LogP contribution in [0, 0.1) is 5.92 Å². The summed E-state index contributed by atoms with van der Waals surface area (Å²) in [5.74, 6) is 2.68. The minimum absolute atomic E-state index is 0.429. The lowest BCUT2D eigenvalue weighted by Gasteiger charge is -2.24.